The maximum Gasteiger partial charge on any atom is 0.253 e. The molecule has 6 nitrogen and oxygen atoms in total. The molecule has 31 heavy (non-hydrogen) atoms. The van der Waals surface area contributed by atoms with Gasteiger partial charge in [-0.1, -0.05) is 17.7 Å². The molecule has 0 bridgehead atoms. The van der Waals surface area contributed by atoms with Crippen molar-refractivity contribution in [1.29, 1.82) is 0 Å². The van der Waals surface area contributed by atoms with Gasteiger partial charge >= 0.3 is 0 Å². The van der Waals surface area contributed by atoms with Crippen LogP contribution in [-0.4, -0.2) is 48.0 Å². The van der Waals surface area contributed by atoms with E-state index in [2.05, 4.69) is 5.32 Å². The number of amides is 3. The first-order valence-electron chi connectivity index (χ1n) is 10.3. The molecular weight excluding hydrogens is 434 g/mol. The van der Waals surface area contributed by atoms with Crippen molar-refractivity contribution in [3.8, 4) is 0 Å². The summed E-state index contributed by atoms with van der Waals surface area (Å²) in [5.74, 6) is -0.234. The number of hydrogen-bond acceptors (Lipinski definition) is 4. The van der Waals surface area contributed by atoms with E-state index in [0.717, 1.165) is 42.8 Å². The van der Waals surface area contributed by atoms with Crippen LogP contribution in [0.25, 0.3) is 0 Å². The van der Waals surface area contributed by atoms with E-state index in [-0.39, 0.29) is 30.0 Å². The summed E-state index contributed by atoms with van der Waals surface area (Å²) in [5.41, 5.74) is 2.66. The van der Waals surface area contributed by atoms with Crippen LogP contribution < -0.4 is 10.2 Å². The van der Waals surface area contributed by atoms with Crippen molar-refractivity contribution >= 4 is 52.5 Å². The molecule has 8 heteroatoms. The predicted octanol–water partition coefficient (Wildman–Crippen LogP) is 4.35. The Morgan fingerprint density at radius 1 is 1.10 bits per heavy atom. The van der Waals surface area contributed by atoms with Crippen LogP contribution in [0.15, 0.2) is 41.3 Å². The van der Waals surface area contributed by atoms with Crippen molar-refractivity contribution in [1.82, 2.24) is 4.90 Å². The highest BCUT2D eigenvalue weighted by Gasteiger charge is 2.28. The van der Waals surface area contributed by atoms with E-state index < -0.39 is 0 Å². The zero-order valence-corrected chi connectivity index (χ0v) is 18.9. The molecule has 2 heterocycles. The summed E-state index contributed by atoms with van der Waals surface area (Å²) < 4.78 is 0. The molecule has 0 unspecified atom stereocenters. The smallest absolute Gasteiger partial charge is 0.253 e. The van der Waals surface area contributed by atoms with Crippen molar-refractivity contribution in [3.63, 3.8) is 0 Å². The molecule has 1 N–H and O–H groups in total. The Balaban J connectivity index is 1.55. The molecule has 0 spiro atoms. The Bertz CT molecular complexity index is 1040. The lowest BCUT2D eigenvalue weighted by Crippen LogP contribution is -2.41. The minimum atomic E-state index is -0.315. The van der Waals surface area contributed by atoms with Gasteiger partial charge in [-0.2, -0.15) is 0 Å². The van der Waals surface area contributed by atoms with Crippen LogP contribution in [-0.2, 0) is 9.59 Å². The number of aryl methyl sites for hydroxylation is 1. The Morgan fingerprint density at radius 3 is 2.65 bits per heavy atom. The summed E-state index contributed by atoms with van der Waals surface area (Å²) in [7, 11) is 0. The van der Waals surface area contributed by atoms with Crippen LogP contribution in [0.5, 0.6) is 0 Å². The minimum Gasteiger partial charge on any atom is -0.339 e. The molecule has 0 radical (unpaired) electrons. The standard InChI is InChI=1S/C23H24ClN3O3S/c1-15-5-7-17(24)12-18(15)25-21(28)13-27-19-11-16(6-8-20(19)31-14-22(27)29)23(30)26-9-3-2-4-10-26/h5-8,11-12H,2-4,9-10,13-14H2,1H3,(H,25,28). The van der Waals surface area contributed by atoms with Crippen LogP contribution in [0.4, 0.5) is 11.4 Å². The number of carbonyl (C=O) groups is 3. The molecular formula is C23H24ClN3O3S. The molecule has 0 aliphatic carbocycles. The van der Waals surface area contributed by atoms with Gasteiger partial charge < -0.3 is 15.1 Å². The van der Waals surface area contributed by atoms with E-state index >= 15 is 0 Å². The fourth-order valence-electron chi connectivity index (χ4n) is 3.85. The highest BCUT2D eigenvalue weighted by Crippen LogP contribution is 2.36. The Labute approximate surface area is 190 Å². The SMILES string of the molecule is Cc1ccc(Cl)cc1NC(=O)CN1C(=O)CSc2ccc(C(=O)N3CCCCC3)cc21. The van der Waals surface area contributed by atoms with Gasteiger partial charge in [-0.25, -0.2) is 0 Å². The molecule has 2 aliphatic rings. The number of benzene rings is 2. The van der Waals surface area contributed by atoms with E-state index in [9.17, 15) is 14.4 Å². The first-order chi connectivity index (χ1) is 14.9. The molecule has 1 saturated heterocycles. The number of halogens is 1. The number of piperidine rings is 1. The molecule has 4 rings (SSSR count). The number of carbonyl (C=O) groups excluding carboxylic acids is 3. The maximum atomic E-state index is 12.9. The van der Waals surface area contributed by atoms with Crippen molar-refractivity contribution in [2.75, 3.05) is 35.6 Å². The lowest BCUT2D eigenvalue weighted by atomic mass is 10.1. The highest BCUT2D eigenvalue weighted by molar-refractivity contribution is 8.00. The molecule has 2 aromatic carbocycles. The number of fused-ring (bicyclic) bond motifs is 1. The first kappa shape index (κ1) is 21.7. The lowest BCUT2D eigenvalue weighted by Gasteiger charge is -2.30. The third-order valence-corrected chi connectivity index (χ3v) is 6.85. The third-order valence-electron chi connectivity index (χ3n) is 5.57. The molecule has 1 fully saturated rings. The molecule has 2 aromatic rings. The minimum absolute atomic E-state index is 0.0236. The number of rotatable bonds is 4. The number of nitrogens with zero attached hydrogens (tertiary/aromatic N) is 2. The second-order valence-corrected chi connectivity index (χ2v) is 9.26. The Kier molecular flexibility index (Phi) is 6.53. The normalized spacial score (nSPS) is 16.1. The van der Waals surface area contributed by atoms with Crippen LogP contribution in [0.2, 0.25) is 5.02 Å². The van der Waals surface area contributed by atoms with Crippen molar-refractivity contribution < 1.29 is 14.4 Å². The van der Waals surface area contributed by atoms with Gasteiger partial charge in [0.1, 0.15) is 6.54 Å². The second-order valence-electron chi connectivity index (χ2n) is 7.81. The monoisotopic (exact) mass is 457 g/mol. The summed E-state index contributed by atoms with van der Waals surface area (Å²) in [6, 6.07) is 10.7. The van der Waals surface area contributed by atoms with Crippen molar-refractivity contribution in [3.05, 3.63) is 52.5 Å². The third kappa shape index (κ3) is 4.88. The quantitative estimate of drug-likeness (QED) is 0.740. The van der Waals surface area contributed by atoms with Gasteiger partial charge in [-0.3, -0.25) is 14.4 Å². The average Bonchev–Trinajstić information content (AvgIpc) is 2.78. The van der Waals surface area contributed by atoms with Crippen LogP contribution in [0.1, 0.15) is 35.2 Å². The number of likely N-dealkylation sites (tertiary alicyclic amines) is 1. The van der Waals surface area contributed by atoms with Gasteiger partial charge in [-0.15, -0.1) is 11.8 Å². The number of thioether (sulfide) groups is 1. The van der Waals surface area contributed by atoms with Gasteiger partial charge in [0.25, 0.3) is 5.91 Å². The zero-order valence-electron chi connectivity index (χ0n) is 17.3. The Morgan fingerprint density at radius 2 is 1.87 bits per heavy atom. The molecule has 0 saturated carbocycles. The van der Waals surface area contributed by atoms with E-state index in [0.29, 0.717) is 22.0 Å². The lowest BCUT2D eigenvalue weighted by molar-refractivity contribution is -0.120. The fraction of sp³-hybridized carbons (Fsp3) is 0.348. The van der Waals surface area contributed by atoms with Gasteiger partial charge in [0, 0.05) is 34.3 Å². The fourth-order valence-corrected chi connectivity index (χ4v) is 4.94. The molecule has 3 amide bonds. The topological polar surface area (TPSA) is 69.7 Å². The molecule has 0 atom stereocenters. The van der Waals surface area contributed by atoms with Gasteiger partial charge in [0.15, 0.2) is 0 Å². The van der Waals surface area contributed by atoms with Gasteiger partial charge in [0.05, 0.1) is 11.4 Å². The molecule has 162 valence electrons. The maximum absolute atomic E-state index is 12.9. The second kappa shape index (κ2) is 9.32. The highest BCUT2D eigenvalue weighted by atomic mass is 35.5. The number of anilines is 2. The predicted molar refractivity (Wildman–Crippen MR) is 124 cm³/mol. The zero-order chi connectivity index (χ0) is 22.0. The summed E-state index contributed by atoms with van der Waals surface area (Å²) in [6.07, 6.45) is 3.18. The van der Waals surface area contributed by atoms with E-state index in [1.807, 2.05) is 30.0 Å². The van der Waals surface area contributed by atoms with Crippen molar-refractivity contribution in [2.24, 2.45) is 0 Å². The average molecular weight is 458 g/mol. The van der Waals surface area contributed by atoms with E-state index in [4.69, 9.17) is 11.6 Å². The van der Waals surface area contributed by atoms with Crippen LogP contribution >= 0.6 is 23.4 Å². The van der Waals surface area contributed by atoms with Crippen molar-refractivity contribution in [2.45, 2.75) is 31.1 Å². The van der Waals surface area contributed by atoms with Crippen LogP contribution in [0, 0.1) is 6.92 Å². The number of hydrogen-bond donors (Lipinski definition) is 1. The van der Waals surface area contributed by atoms with E-state index in [1.54, 1.807) is 18.2 Å². The summed E-state index contributed by atoms with van der Waals surface area (Å²) in [5, 5.41) is 3.37. The molecule has 0 aromatic heterocycles. The van der Waals surface area contributed by atoms with Gasteiger partial charge in [0.2, 0.25) is 11.8 Å². The summed E-state index contributed by atoms with van der Waals surface area (Å²) >= 11 is 7.47. The Hall–Kier alpha value is -2.51. The first-order valence-corrected chi connectivity index (χ1v) is 11.7. The molecule has 2 aliphatic heterocycles. The van der Waals surface area contributed by atoms with Gasteiger partial charge in [-0.05, 0) is 62.1 Å². The number of nitrogens with one attached hydrogen (secondary N) is 1. The summed E-state index contributed by atoms with van der Waals surface area (Å²) in [6.45, 7) is 3.27. The largest absolute Gasteiger partial charge is 0.339 e. The van der Waals surface area contributed by atoms with E-state index in [1.165, 1.54) is 16.7 Å². The summed E-state index contributed by atoms with van der Waals surface area (Å²) in [4.78, 5) is 42.5. The van der Waals surface area contributed by atoms with Crippen LogP contribution in [0.3, 0.4) is 0 Å².